The molecule has 0 heterocycles. The first-order chi connectivity index (χ1) is 7.64. The fourth-order valence-corrected chi connectivity index (χ4v) is 1.72. The second-order valence-electron chi connectivity index (χ2n) is 5.65. The molecule has 0 radical (unpaired) electrons. The average molecular weight is 274 g/mol. The van der Waals surface area contributed by atoms with Gasteiger partial charge in [-0.1, -0.05) is 5.11 Å². The molecule has 0 N–H and O–H groups in total. The first-order valence-electron chi connectivity index (χ1n) is 5.53. The van der Waals surface area contributed by atoms with Crippen molar-refractivity contribution in [3.05, 3.63) is 10.4 Å². The molecule has 0 aromatic rings. The van der Waals surface area contributed by atoms with Gasteiger partial charge in [-0.3, -0.25) is 0 Å². The smallest absolute Gasteiger partial charge is 0.278 e. The van der Waals surface area contributed by atoms with Gasteiger partial charge in [0.25, 0.3) is 8.32 Å². The van der Waals surface area contributed by atoms with E-state index in [-0.39, 0.29) is 6.54 Å². The van der Waals surface area contributed by atoms with Crippen LogP contribution in [0.25, 0.3) is 10.4 Å². The summed E-state index contributed by atoms with van der Waals surface area (Å²) in [6, 6.07) is 0. The molecule has 0 aliphatic rings. The van der Waals surface area contributed by atoms with Crippen LogP contribution in [-0.2, 0) is 8.95 Å². The standard InChI is InChI=1S/C9H22N4O2Si2/c1-16(2,3)14-8-9(7-11-13-10)12-15-17(4,5)6/h7-8H2,1-6H3/b12-9-. The summed E-state index contributed by atoms with van der Waals surface area (Å²) in [4.78, 5) is 2.72. The van der Waals surface area contributed by atoms with E-state index in [0.29, 0.717) is 12.3 Å². The van der Waals surface area contributed by atoms with Crippen LogP contribution in [-0.4, -0.2) is 35.5 Å². The zero-order valence-corrected chi connectivity index (χ0v) is 13.5. The third kappa shape index (κ3) is 11.4. The van der Waals surface area contributed by atoms with Gasteiger partial charge in [-0.25, -0.2) is 0 Å². The molecule has 0 amide bonds. The van der Waals surface area contributed by atoms with Crippen LogP contribution in [0.15, 0.2) is 10.3 Å². The molecule has 0 aliphatic heterocycles. The van der Waals surface area contributed by atoms with Crippen LogP contribution in [0.1, 0.15) is 0 Å². The second kappa shape index (κ2) is 6.80. The van der Waals surface area contributed by atoms with E-state index in [2.05, 4.69) is 34.8 Å². The van der Waals surface area contributed by atoms with Gasteiger partial charge >= 0.3 is 0 Å². The minimum Gasteiger partial charge on any atom is -0.456 e. The van der Waals surface area contributed by atoms with Crippen LogP contribution < -0.4 is 0 Å². The average Bonchev–Trinajstić information content (AvgIpc) is 2.13. The summed E-state index contributed by atoms with van der Waals surface area (Å²) in [6.45, 7) is 13.0. The van der Waals surface area contributed by atoms with Crippen LogP contribution in [0.5, 0.6) is 0 Å². The molecule has 0 saturated heterocycles. The fraction of sp³-hybridized carbons (Fsp3) is 0.889. The Morgan fingerprint density at radius 1 is 1.12 bits per heavy atom. The van der Waals surface area contributed by atoms with Crippen LogP contribution in [0.2, 0.25) is 39.3 Å². The molecular weight excluding hydrogens is 252 g/mol. The molecule has 0 fully saturated rings. The number of azide groups is 1. The summed E-state index contributed by atoms with van der Waals surface area (Å²) >= 11 is 0. The molecule has 0 saturated carbocycles. The van der Waals surface area contributed by atoms with Gasteiger partial charge in [-0.05, 0) is 44.8 Å². The summed E-state index contributed by atoms with van der Waals surface area (Å²) < 4.78 is 11.1. The Morgan fingerprint density at radius 2 is 1.71 bits per heavy atom. The zero-order chi connectivity index (χ0) is 13.5. The van der Waals surface area contributed by atoms with Crippen molar-refractivity contribution in [1.82, 2.24) is 0 Å². The Kier molecular flexibility index (Phi) is 6.47. The molecule has 0 bridgehead atoms. The van der Waals surface area contributed by atoms with Crippen molar-refractivity contribution in [3.63, 3.8) is 0 Å². The predicted molar refractivity (Wildman–Crippen MR) is 75.2 cm³/mol. The molecule has 0 unspecified atom stereocenters. The van der Waals surface area contributed by atoms with Crippen molar-refractivity contribution in [2.75, 3.05) is 13.2 Å². The van der Waals surface area contributed by atoms with Gasteiger partial charge in [-0.2, -0.15) is 0 Å². The highest BCUT2D eigenvalue weighted by atomic mass is 28.4. The molecule has 98 valence electrons. The third-order valence-electron chi connectivity index (χ3n) is 1.44. The van der Waals surface area contributed by atoms with Crippen LogP contribution in [0.3, 0.4) is 0 Å². The topological polar surface area (TPSA) is 79.6 Å². The molecule has 0 rings (SSSR count). The molecule has 0 aromatic carbocycles. The van der Waals surface area contributed by atoms with Crippen LogP contribution >= 0.6 is 0 Å². The second-order valence-corrected chi connectivity index (χ2v) is 14.6. The van der Waals surface area contributed by atoms with Crippen molar-refractivity contribution in [3.8, 4) is 0 Å². The quantitative estimate of drug-likeness (QED) is 0.178. The van der Waals surface area contributed by atoms with Gasteiger partial charge in [0.2, 0.25) is 0 Å². The molecule has 8 heteroatoms. The number of rotatable bonds is 7. The van der Waals surface area contributed by atoms with E-state index in [0.717, 1.165) is 0 Å². The first kappa shape index (κ1) is 16.2. The first-order valence-corrected chi connectivity index (χ1v) is 12.3. The monoisotopic (exact) mass is 274 g/mol. The van der Waals surface area contributed by atoms with Gasteiger partial charge in [0.1, 0.15) is 0 Å². The summed E-state index contributed by atoms with van der Waals surface area (Å²) in [7, 11) is -3.29. The Balaban J connectivity index is 4.48. The van der Waals surface area contributed by atoms with Crippen molar-refractivity contribution >= 4 is 22.3 Å². The Morgan fingerprint density at radius 3 is 2.12 bits per heavy atom. The van der Waals surface area contributed by atoms with E-state index in [1.165, 1.54) is 0 Å². The molecular formula is C9H22N4O2Si2. The van der Waals surface area contributed by atoms with E-state index in [1.807, 2.05) is 19.6 Å². The van der Waals surface area contributed by atoms with E-state index in [4.69, 9.17) is 14.5 Å². The van der Waals surface area contributed by atoms with Gasteiger partial charge in [0.05, 0.1) is 18.9 Å². The number of hydrogen-bond donors (Lipinski definition) is 0. The van der Waals surface area contributed by atoms with Gasteiger partial charge in [-0.15, -0.1) is 5.16 Å². The molecule has 0 aromatic heterocycles. The van der Waals surface area contributed by atoms with Crippen molar-refractivity contribution in [1.29, 1.82) is 0 Å². The maximum Gasteiger partial charge on any atom is 0.278 e. The lowest BCUT2D eigenvalue weighted by molar-refractivity contribution is 0.318. The number of hydrogen-bond acceptors (Lipinski definition) is 4. The van der Waals surface area contributed by atoms with Crippen molar-refractivity contribution in [2.24, 2.45) is 10.3 Å². The highest BCUT2D eigenvalue weighted by Crippen LogP contribution is 2.06. The lowest BCUT2D eigenvalue weighted by atomic mass is 10.4. The zero-order valence-electron chi connectivity index (χ0n) is 11.5. The minimum atomic E-state index is -1.70. The van der Waals surface area contributed by atoms with Gasteiger partial charge in [0, 0.05) is 4.91 Å². The Labute approximate surface area is 105 Å². The maximum absolute atomic E-state index is 8.31. The summed E-state index contributed by atoms with van der Waals surface area (Å²) in [5.74, 6) is 0. The van der Waals surface area contributed by atoms with Crippen LogP contribution in [0.4, 0.5) is 0 Å². The van der Waals surface area contributed by atoms with Crippen molar-refractivity contribution in [2.45, 2.75) is 39.3 Å². The van der Waals surface area contributed by atoms with E-state index in [1.54, 1.807) is 0 Å². The highest BCUT2D eigenvalue weighted by molar-refractivity contribution is 6.70. The normalized spacial score (nSPS) is 13.2. The lowest BCUT2D eigenvalue weighted by Crippen LogP contribution is -2.30. The van der Waals surface area contributed by atoms with Gasteiger partial charge in [0.15, 0.2) is 8.32 Å². The van der Waals surface area contributed by atoms with E-state index < -0.39 is 16.6 Å². The lowest BCUT2D eigenvalue weighted by Gasteiger charge is -2.19. The number of nitrogens with zero attached hydrogens (tertiary/aromatic N) is 4. The fourth-order valence-electron chi connectivity index (χ4n) is 0.715. The Bertz CT molecular complexity index is 314. The minimum absolute atomic E-state index is 0.200. The Hall–Kier alpha value is -0.826. The van der Waals surface area contributed by atoms with Gasteiger partial charge < -0.3 is 8.95 Å². The molecule has 0 spiro atoms. The highest BCUT2D eigenvalue weighted by Gasteiger charge is 2.18. The molecule has 0 atom stereocenters. The van der Waals surface area contributed by atoms with E-state index in [9.17, 15) is 0 Å². The molecule has 17 heavy (non-hydrogen) atoms. The van der Waals surface area contributed by atoms with Crippen LogP contribution in [0, 0.1) is 0 Å². The largest absolute Gasteiger partial charge is 0.456 e. The third-order valence-corrected chi connectivity index (χ3v) is 3.09. The summed E-state index contributed by atoms with van der Waals surface area (Å²) in [5, 5.41) is 7.54. The molecule has 6 nitrogen and oxygen atoms in total. The molecule has 0 aliphatic carbocycles. The summed E-state index contributed by atoms with van der Waals surface area (Å²) in [5.41, 5.74) is 8.96. The number of oxime groups is 1. The maximum atomic E-state index is 8.31. The summed E-state index contributed by atoms with van der Waals surface area (Å²) in [6.07, 6.45) is 0. The van der Waals surface area contributed by atoms with E-state index >= 15 is 0 Å². The SMILES string of the molecule is C[Si](C)(C)OC/C(CN=[N+]=[N-])=N\O[Si](C)(C)C. The predicted octanol–water partition coefficient (Wildman–Crippen LogP) is 3.36. The van der Waals surface area contributed by atoms with Crippen molar-refractivity contribution < 1.29 is 8.95 Å².